The predicted octanol–water partition coefficient (Wildman–Crippen LogP) is 4.51. The van der Waals surface area contributed by atoms with Crippen molar-refractivity contribution in [1.29, 1.82) is 5.26 Å². The summed E-state index contributed by atoms with van der Waals surface area (Å²) in [7, 11) is 0. The van der Waals surface area contributed by atoms with Gasteiger partial charge < -0.3 is 9.80 Å². The molecule has 0 atom stereocenters. The highest BCUT2D eigenvalue weighted by molar-refractivity contribution is 7.12. The van der Waals surface area contributed by atoms with Crippen molar-refractivity contribution >= 4 is 34.0 Å². The van der Waals surface area contributed by atoms with Crippen LogP contribution in [0.3, 0.4) is 0 Å². The second-order valence-corrected chi connectivity index (χ2v) is 8.93. The first-order valence-corrected chi connectivity index (χ1v) is 12.7. The van der Waals surface area contributed by atoms with E-state index in [1.54, 1.807) is 29.3 Å². The van der Waals surface area contributed by atoms with E-state index in [1.165, 1.54) is 28.0 Å². The summed E-state index contributed by atoms with van der Waals surface area (Å²) in [4.78, 5) is 35.1. The zero-order chi connectivity index (χ0) is 25.7. The third kappa shape index (κ3) is 4.86. The summed E-state index contributed by atoms with van der Waals surface area (Å²) in [5.41, 5.74) is 1.34. The molecule has 1 aliphatic heterocycles. The molecule has 0 radical (unpaired) electrons. The monoisotopic (exact) mass is 503 g/mol. The van der Waals surface area contributed by atoms with Gasteiger partial charge in [-0.25, -0.2) is 9.37 Å². The number of nitrogens with zero attached hydrogens (tertiary/aromatic N) is 5. The van der Waals surface area contributed by atoms with Crippen molar-refractivity contribution < 1.29 is 9.18 Å². The SMILES string of the molecule is CC.N#Cc1c(N2CCN(C(=O)c3cccs3)CC2)c2cccnc2n(Cc2ccc(F)cc2)c1=O. The summed E-state index contributed by atoms with van der Waals surface area (Å²) >= 11 is 1.41. The summed E-state index contributed by atoms with van der Waals surface area (Å²) in [5.74, 6) is -0.361. The van der Waals surface area contributed by atoms with Gasteiger partial charge >= 0.3 is 0 Å². The molecule has 0 spiro atoms. The molecular formula is C27H26FN5O2S. The fraction of sp³-hybridized carbons (Fsp3) is 0.259. The molecule has 5 rings (SSSR count). The van der Waals surface area contributed by atoms with Crippen LogP contribution in [0.25, 0.3) is 11.0 Å². The Morgan fingerprint density at radius 2 is 1.81 bits per heavy atom. The zero-order valence-electron chi connectivity index (χ0n) is 20.1. The lowest BCUT2D eigenvalue weighted by atomic mass is 10.1. The van der Waals surface area contributed by atoms with Crippen LogP contribution in [0.4, 0.5) is 10.1 Å². The van der Waals surface area contributed by atoms with E-state index in [9.17, 15) is 19.2 Å². The predicted molar refractivity (Wildman–Crippen MR) is 140 cm³/mol. The molecule has 4 heterocycles. The molecule has 1 aliphatic rings. The number of amides is 1. The molecule has 0 bridgehead atoms. The van der Waals surface area contributed by atoms with Crippen LogP contribution >= 0.6 is 11.3 Å². The van der Waals surface area contributed by atoms with Gasteiger partial charge in [-0.1, -0.05) is 32.0 Å². The van der Waals surface area contributed by atoms with Crippen molar-refractivity contribution in [2.45, 2.75) is 20.4 Å². The van der Waals surface area contributed by atoms with Crippen LogP contribution in [0, 0.1) is 17.1 Å². The number of hydrogen-bond donors (Lipinski definition) is 0. The summed E-state index contributed by atoms with van der Waals surface area (Å²) in [5, 5.41) is 12.5. The molecule has 7 nitrogen and oxygen atoms in total. The van der Waals surface area contributed by atoms with Gasteiger partial charge in [-0.3, -0.25) is 14.2 Å². The Hall–Kier alpha value is -4.03. The van der Waals surface area contributed by atoms with E-state index in [0.717, 1.165) is 5.56 Å². The fourth-order valence-electron chi connectivity index (χ4n) is 4.30. The Balaban J connectivity index is 0.00000148. The number of thiophene rings is 1. The van der Waals surface area contributed by atoms with Crippen LogP contribution in [0.2, 0.25) is 0 Å². The van der Waals surface area contributed by atoms with Gasteiger partial charge in [-0.15, -0.1) is 11.3 Å². The van der Waals surface area contributed by atoms with Crippen LogP contribution in [0.15, 0.2) is 64.9 Å². The number of fused-ring (bicyclic) bond motifs is 1. The maximum atomic E-state index is 13.4. The third-order valence-electron chi connectivity index (χ3n) is 5.97. The molecule has 1 aromatic carbocycles. The van der Waals surface area contributed by atoms with Crippen LogP contribution < -0.4 is 10.5 Å². The Labute approximate surface area is 212 Å². The average molecular weight is 504 g/mol. The van der Waals surface area contributed by atoms with Gasteiger partial charge in [0.2, 0.25) is 0 Å². The number of piperazine rings is 1. The molecule has 36 heavy (non-hydrogen) atoms. The highest BCUT2D eigenvalue weighted by Gasteiger charge is 2.27. The van der Waals surface area contributed by atoms with Crippen molar-refractivity contribution in [1.82, 2.24) is 14.5 Å². The summed E-state index contributed by atoms with van der Waals surface area (Å²) in [6.07, 6.45) is 1.61. The number of carbonyl (C=O) groups excluding carboxylic acids is 1. The number of carbonyl (C=O) groups is 1. The lowest BCUT2D eigenvalue weighted by Gasteiger charge is -2.36. The van der Waals surface area contributed by atoms with E-state index in [-0.39, 0.29) is 23.8 Å². The Morgan fingerprint density at radius 1 is 1.08 bits per heavy atom. The van der Waals surface area contributed by atoms with E-state index in [4.69, 9.17) is 0 Å². The first kappa shape index (κ1) is 25.1. The van der Waals surface area contributed by atoms with Crippen LogP contribution in [0.1, 0.15) is 34.6 Å². The van der Waals surface area contributed by atoms with Gasteiger partial charge in [0.05, 0.1) is 17.1 Å². The molecule has 0 saturated carbocycles. The normalized spacial score (nSPS) is 13.2. The van der Waals surface area contributed by atoms with Gasteiger partial charge in [-0.2, -0.15) is 5.26 Å². The number of hydrogen-bond acceptors (Lipinski definition) is 6. The topological polar surface area (TPSA) is 82.2 Å². The molecule has 184 valence electrons. The fourth-order valence-corrected chi connectivity index (χ4v) is 4.99. The number of pyridine rings is 2. The van der Waals surface area contributed by atoms with Crippen molar-refractivity contribution in [2.75, 3.05) is 31.1 Å². The molecule has 9 heteroatoms. The molecule has 3 aromatic heterocycles. The van der Waals surface area contributed by atoms with Crippen LogP contribution in [0.5, 0.6) is 0 Å². The highest BCUT2D eigenvalue weighted by Crippen LogP contribution is 2.29. The smallest absolute Gasteiger partial charge is 0.272 e. The largest absolute Gasteiger partial charge is 0.366 e. The number of nitriles is 1. The third-order valence-corrected chi connectivity index (χ3v) is 6.83. The van der Waals surface area contributed by atoms with Crippen molar-refractivity contribution in [2.24, 2.45) is 0 Å². The first-order valence-electron chi connectivity index (χ1n) is 11.8. The molecule has 1 saturated heterocycles. The second-order valence-electron chi connectivity index (χ2n) is 7.98. The minimum absolute atomic E-state index is 0.00334. The maximum absolute atomic E-state index is 13.4. The van der Waals surface area contributed by atoms with Gasteiger partial charge in [0.1, 0.15) is 23.1 Å². The van der Waals surface area contributed by atoms with E-state index >= 15 is 0 Å². The van der Waals surface area contributed by atoms with E-state index in [2.05, 4.69) is 11.1 Å². The number of aromatic nitrogens is 2. The van der Waals surface area contributed by atoms with Gasteiger partial charge in [0.25, 0.3) is 11.5 Å². The standard InChI is InChI=1S/C25H20FN5O2S.C2H6/c26-18-7-5-17(6-8-18)16-31-23-19(3-1-9-28-23)22(20(15-27)24(31)32)29-10-12-30(13-11-29)25(33)21-4-2-14-34-21;1-2/h1-9,14H,10-13,16H2;1-2H3. The quantitative estimate of drug-likeness (QED) is 0.409. The molecule has 4 aromatic rings. The second kappa shape index (κ2) is 11.1. The molecule has 0 unspecified atom stereocenters. The van der Waals surface area contributed by atoms with Crippen molar-refractivity contribution in [3.63, 3.8) is 0 Å². The van der Waals surface area contributed by atoms with Crippen molar-refractivity contribution in [3.05, 3.63) is 92.3 Å². The Morgan fingerprint density at radius 3 is 2.44 bits per heavy atom. The maximum Gasteiger partial charge on any atom is 0.272 e. The molecule has 0 N–H and O–H groups in total. The minimum Gasteiger partial charge on any atom is -0.366 e. The Kier molecular flexibility index (Phi) is 7.76. The molecule has 1 amide bonds. The molecule has 1 fully saturated rings. The molecular weight excluding hydrogens is 477 g/mol. The summed E-state index contributed by atoms with van der Waals surface area (Å²) in [6, 6.07) is 15.3. The Bertz CT molecular complexity index is 1450. The van der Waals surface area contributed by atoms with Crippen molar-refractivity contribution in [3.8, 4) is 6.07 Å². The zero-order valence-corrected chi connectivity index (χ0v) is 21.0. The minimum atomic E-state index is -0.440. The van der Waals surface area contributed by atoms with Gasteiger partial charge in [-0.05, 0) is 41.3 Å². The number of anilines is 1. The average Bonchev–Trinajstić information content (AvgIpc) is 3.47. The summed E-state index contributed by atoms with van der Waals surface area (Å²) in [6.45, 7) is 6.14. The number of benzene rings is 1. The molecule has 0 aliphatic carbocycles. The lowest BCUT2D eigenvalue weighted by molar-refractivity contribution is 0.0751. The number of halogens is 1. The van der Waals surface area contributed by atoms with Crippen LogP contribution in [-0.4, -0.2) is 46.5 Å². The summed E-state index contributed by atoms with van der Waals surface area (Å²) < 4.78 is 14.8. The van der Waals surface area contributed by atoms with Crippen LogP contribution in [-0.2, 0) is 6.54 Å². The lowest BCUT2D eigenvalue weighted by Crippen LogP contribution is -2.49. The van der Waals surface area contributed by atoms with E-state index in [1.807, 2.05) is 42.3 Å². The van der Waals surface area contributed by atoms with E-state index in [0.29, 0.717) is 47.8 Å². The number of rotatable bonds is 4. The van der Waals surface area contributed by atoms with Gasteiger partial charge in [0, 0.05) is 37.8 Å². The first-order chi connectivity index (χ1) is 17.6. The van der Waals surface area contributed by atoms with E-state index < -0.39 is 5.56 Å². The van der Waals surface area contributed by atoms with Gasteiger partial charge in [0.15, 0.2) is 0 Å². The highest BCUT2D eigenvalue weighted by atomic mass is 32.1.